The van der Waals surface area contributed by atoms with Crippen LogP contribution in [-0.4, -0.2) is 38.5 Å². The summed E-state index contributed by atoms with van der Waals surface area (Å²) in [5.74, 6) is -2.75. The highest BCUT2D eigenvalue weighted by Gasteiger charge is 2.23. The summed E-state index contributed by atoms with van der Waals surface area (Å²) in [5, 5.41) is 11.0. The maximum atomic E-state index is 11.6. The second-order valence-corrected chi connectivity index (χ2v) is 3.42. The lowest BCUT2D eigenvalue weighted by Gasteiger charge is -2.12. The topological polar surface area (TPSA) is 127 Å². The third-order valence-corrected chi connectivity index (χ3v) is 2.06. The van der Waals surface area contributed by atoms with Gasteiger partial charge in [0.15, 0.2) is 0 Å². The number of aliphatic carboxylic acids is 1. The van der Waals surface area contributed by atoms with E-state index in [1.165, 1.54) is 17.1 Å². The van der Waals surface area contributed by atoms with E-state index in [4.69, 9.17) is 10.8 Å². The summed E-state index contributed by atoms with van der Waals surface area (Å²) in [7, 11) is 1.59. The van der Waals surface area contributed by atoms with Gasteiger partial charge in [-0.25, -0.2) is 9.78 Å². The van der Waals surface area contributed by atoms with Crippen LogP contribution in [0.3, 0.4) is 0 Å². The summed E-state index contributed by atoms with van der Waals surface area (Å²) < 4.78 is 1.43. The third kappa shape index (κ3) is 3.30. The molecule has 4 N–H and O–H groups in total. The second-order valence-electron chi connectivity index (χ2n) is 3.42. The number of carbonyl (C=O) groups is 3. The van der Waals surface area contributed by atoms with Crippen molar-refractivity contribution in [1.29, 1.82) is 0 Å². The van der Waals surface area contributed by atoms with E-state index < -0.39 is 30.2 Å². The summed E-state index contributed by atoms with van der Waals surface area (Å²) in [6.45, 7) is 0. The van der Waals surface area contributed by atoms with Crippen molar-refractivity contribution >= 4 is 17.8 Å². The molecule has 1 aromatic rings. The molecule has 8 heteroatoms. The van der Waals surface area contributed by atoms with Gasteiger partial charge in [0.1, 0.15) is 11.7 Å². The molecule has 17 heavy (non-hydrogen) atoms. The number of imidazole rings is 1. The van der Waals surface area contributed by atoms with Crippen LogP contribution in [0.25, 0.3) is 0 Å². The highest BCUT2D eigenvalue weighted by molar-refractivity contribution is 5.96. The maximum absolute atomic E-state index is 11.6. The fourth-order valence-electron chi connectivity index (χ4n) is 1.21. The lowest BCUT2D eigenvalue weighted by Crippen LogP contribution is -2.43. The predicted molar refractivity (Wildman–Crippen MR) is 55.9 cm³/mol. The standard InChI is InChI=1S/C9H12N4O4/c1-13-4-11-3-6(13)8(15)12-5(9(16)17)2-7(10)14/h3-5H,2H2,1H3,(H2,10,14)(H,12,15)(H,16,17). The summed E-state index contributed by atoms with van der Waals surface area (Å²) in [4.78, 5) is 36.8. The Hall–Kier alpha value is -2.38. The summed E-state index contributed by atoms with van der Waals surface area (Å²) in [5.41, 5.74) is 5.08. The first-order chi connectivity index (χ1) is 7.91. The zero-order valence-corrected chi connectivity index (χ0v) is 9.08. The Morgan fingerprint density at radius 1 is 1.59 bits per heavy atom. The van der Waals surface area contributed by atoms with Crippen LogP contribution in [0.2, 0.25) is 0 Å². The Balaban J connectivity index is 2.74. The molecule has 0 saturated carbocycles. The van der Waals surface area contributed by atoms with Crippen molar-refractivity contribution in [2.75, 3.05) is 0 Å². The molecule has 1 unspecified atom stereocenters. The van der Waals surface area contributed by atoms with Crippen LogP contribution in [-0.2, 0) is 16.6 Å². The van der Waals surface area contributed by atoms with Gasteiger partial charge in [-0.05, 0) is 0 Å². The normalized spacial score (nSPS) is 11.8. The molecule has 1 atom stereocenters. The number of hydrogen-bond acceptors (Lipinski definition) is 4. The number of carbonyl (C=O) groups excluding carboxylic acids is 2. The Labute approximate surface area is 96.4 Å². The van der Waals surface area contributed by atoms with Gasteiger partial charge in [-0.2, -0.15) is 0 Å². The molecule has 0 fully saturated rings. The van der Waals surface area contributed by atoms with E-state index in [0.29, 0.717) is 0 Å². The number of carboxylic acid groups (broad SMARTS) is 1. The number of nitrogens with one attached hydrogen (secondary N) is 1. The minimum atomic E-state index is -1.34. The fourth-order valence-corrected chi connectivity index (χ4v) is 1.21. The molecule has 2 amide bonds. The average molecular weight is 240 g/mol. The molecule has 1 heterocycles. The van der Waals surface area contributed by atoms with Gasteiger partial charge in [-0.15, -0.1) is 0 Å². The van der Waals surface area contributed by atoms with Crippen LogP contribution in [0.1, 0.15) is 16.9 Å². The summed E-state index contributed by atoms with van der Waals surface area (Å²) in [6.07, 6.45) is 2.23. The Kier molecular flexibility index (Phi) is 3.81. The molecule has 0 bridgehead atoms. The van der Waals surface area contributed by atoms with Gasteiger partial charge < -0.3 is 20.7 Å². The minimum absolute atomic E-state index is 0.195. The highest BCUT2D eigenvalue weighted by Crippen LogP contribution is 1.99. The third-order valence-electron chi connectivity index (χ3n) is 2.06. The molecule has 0 radical (unpaired) electrons. The molecule has 0 aliphatic carbocycles. The van der Waals surface area contributed by atoms with E-state index in [-0.39, 0.29) is 5.69 Å². The van der Waals surface area contributed by atoms with Gasteiger partial charge in [0.05, 0.1) is 18.9 Å². The lowest BCUT2D eigenvalue weighted by molar-refractivity contribution is -0.140. The van der Waals surface area contributed by atoms with Crippen LogP contribution in [0, 0.1) is 0 Å². The van der Waals surface area contributed by atoms with E-state index >= 15 is 0 Å². The quantitative estimate of drug-likeness (QED) is 0.575. The maximum Gasteiger partial charge on any atom is 0.326 e. The Bertz CT molecular complexity index is 454. The molecule has 92 valence electrons. The van der Waals surface area contributed by atoms with Crippen molar-refractivity contribution < 1.29 is 19.5 Å². The molecular formula is C9H12N4O4. The zero-order valence-electron chi connectivity index (χ0n) is 9.08. The monoisotopic (exact) mass is 240 g/mol. The van der Waals surface area contributed by atoms with E-state index in [1.807, 2.05) is 0 Å². The average Bonchev–Trinajstić information content (AvgIpc) is 2.62. The first-order valence-electron chi connectivity index (χ1n) is 4.70. The van der Waals surface area contributed by atoms with Gasteiger partial charge in [-0.1, -0.05) is 0 Å². The Morgan fingerprint density at radius 3 is 2.65 bits per heavy atom. The number of nitrogens with zero attached hydrogens (tertiary/aromatic N) is 2. The number of rotatable bonds is 5. The highest BCUT2D eigenvalue weighted by atomic mass is 16.4. The van der Waals surface area contributed by atoms with E-state index in [0.717, 1.165) is 0 Å². The molecular weight excluding hydrogens is 228 g/mol. The number of aryl methyl sites for hydroxylation is 1. The smallest absolute Gasteiger partial charge is 0.326 e. The lowest BCUT2D eigenvalue weighted by atomic mass is 10.2. The molecule has 0 aliphatic heterocycles. The first-order valence-corrected chi connectivity index (χ1v) is 4.70. The summed E-state index contributed by atoms with van der Waals surface area (Å²) >= 11 is 0. The van der Waals surface area contributed by atoms with Crippen molar-refractivity contribution in [2.45, 2.75) is 12.5 Å². The van der Waals surface area contributed by atoms with Crippen LogP contribution in [0.5, 0.6) is 0 Å². The SMILES string of the molecule is Cn1cncc1C(=O)NC(CC(N)=O)C(=O)O. The molecule has 1 rings (SSSR count). The number of hydrogen-bond donors (Lipinski definition) is 3. The minimum Gasteiger partial charge on any atom is -0.480 e. The zero-order chi connectivity index (χ0) is 13.0. The predicted octanol–water partition coefficient (Wildman–Crippen LogP) is -1.52. The van der Waals surface area contributed by atoms with Gasteiger partial charge in [-0.3, -0.25) is 9.59 Å². The van der Waals surface area contributed by atoms with Crippen molar-refractivity contribution in [2.24, 2.45) is 12.8 Å². The molecule has 0 aliphatic rings. The van der Waals surface area contributed by atoms with Crippen LogP contribution in [0.15, 0.2) is 12.5 Å². The molecule has 0 aromatic carbocycles. The van der Waals surface area contributed by atoms with Gasteiger partial charge in [0.25, 0.3) is 5.91 Å². The molecule has 0 spiro atoms. The molecule has 8 nitrogen and oxygen atoms in total. The van der Waals surface area contributed by atoms with E-state index in [9.17, 15) is 14.4 Å². The number of amides is 2. The number of carboxylic acids is 1. The number of aromatic nitrogens is 2. The van der Waals surface area contributed by atoms with Gasteiger partial charge in [0.2, 0.25) is 5.91 Å². The van der Waals surface area contributed by atoms with Gasteiger partial charge >= 0.3 is 5.97 Å². The second kappa shape index (κ2) is 5.10. The van der Waals surface area contributed by atoms with Gasteiger partial charge in [0, 0.05) is 7.05 Å². The summed E-state index contributed by atoms with van der Waals surface area (Å²) in [6, 6.07) is -1.34. The van der Waals surface area contributed by atoms with Crippen molar-refractivity contribution in [3.05, 3.63) is 18.2 Å². The van der Waals surface area contributed by atoms with Crippen molar-refractivity contribution in [3.63, 3.8) is 0 Å². The van der Waals surface area contributed by atoms with Crippen LogP contribution in [0.4, 0.5) is 0 Å². The Morgan fingerprint density at radius 2 is 2.24 bits per heavy atom. The van der Waals surface area contributed by atoms with Crippen LogP contribution >= 0.6 is 0 Å². The number of primary amides is 1. The fraction of sp³-hybridized carbons (Fsp3) is 0.333. The number of nitrogens with two attached hydrogens (primary N) is 1. The van der Waals surface area contributed by atoms with E-state index in [1.54, 1.807) is 7.05 Å². The first kappa shape index (κ1) is 12.7. The van der Waals surface area contributed by atoms with E-state index in [2.05, 4.69) is 10.3 Å². The van der Waals surface area contributed by atoms with Crippen molar-refractivity contribution in [1.82, 2.24) is 14.9 Å². The van der Waals surface area contributed by atoms with Crippen LogP contribution < -0.4 is 11.1 Å². The molecule has 0 saturated heterocycles. The molecule has 1 aromatic heterocycles. The van der Waals surface area contributed by atoms with Crippen molar-refractivity contribution in [3.8, 4) is 0 Å². The largest absolute Gasteiger partial charge is 0.480 e.